The number of halogens is 3. The van der Waals surface area contributed by atoms with Gasteiger partial charge >= 0.3 is 24.3 Å². The van der Waals surface area contributed by atoms with Crippen LogP contribution in [-0.2, 0) is 25.9 Å². The number of carboxylic acid groups (broad SMARTS) is 2. The second-order valence-corrected chi connectivity index (χ2v) is 10.9. The smallest absolute Gasteiger partial charge is 0.480 e. The van der Waals surface area contributed by atoms with E-state index >= 15 is 0 Å². The Hall–Kier alpha value is -6.18. The first-order valence-electron chi connectivity index (χ1n) is 14.3. The largest absolute Gasteiger partial charge is 0.513 e. The summed E-state index contributed by atoms with van der Waals surface area (Å²) in [5.41, 5.74) is -2.87. The van der Waals surface area contributed by atoms with Crippen molar-refractivity contribution in [1.29, 1.82) is 0 Å². The maximum Gasteiger partial charge on any atom is 0.513 e. The summed E-state index contributed by atoms with van der Waals surface area (Å²) in [6.45, 7) is -1.13. The second kappa shape index (κ2) is 14.3. The maximum atomic E-state index is 13.8. The number of anilines is 1. The van der Waals surface area contributed by atoms with E-state index in [1.165, 1.54) is 80.6 Å². The van der Waals surface area contributed by atoms with Crippen molar-refractivity contribution in [2.24, 2.45) is 0 Å². The number of amides is 2. The van der Waals surface area contributed by atoms with Gasteiger partial charge in [0.05, 0.1) is 16.8 Å². The van der Waals surface area contributed by atoms with Crippen LogP contribution in [0, 0.1) is 0 Å². The van der Waals surface area contributed by atoms with Crippen molar-refractivity contribution < 1.29 is 56.8 Å². The first kappa shape index (κ1) is 35.7. The Morgan fingerprint density at radius 1 is 0.694 bits per heavy atom. The highest BCUT2D eigenvalue weighted by atomic mass is 19.4. The van der Waals surface area contributed by atoms with Gasteiger partial charge in [-0.25, -0.2) is 4.79 Å². The molecule has 0 aliphatic carbocycles. The average molecular weight is 679 g/mol. The van der Waals surface area contributed by atoms with E-state index in [2.05, 4.69) is 0 Å². The number of hydrogen-bond donors (Lipinski definition) is 2. The molecule has 0 atom stereocenters. The molecule has 0 heterocycles. The predicted octanol–water partition coefficient (Wildman–Crippen LogP) is 5.97. The Labute approximate surface area is 277 Å². The van der Waals surface area contributed by atoms with Crippen molar-refractivity contribution in [2.45, 2.75) is 11.6 Å². The van der Waals surface area contributed by atoms with Crippen molar-refractivity contribution in [2.75, 3.05) is 32.6 Å². The number of benzene rings is 4. The van der Waals surface area contributed by atoms with E-state index in [-0.39, 0.29) is 28.1 Å². The Morgan fingerprint density at radius 2 is 1.29 bits per heavy atom. The van der Waals surface area contributed by atoms with Crippen molar-refractivity contribution >= 4 is 35.6 Å². The lowest BCUT2D eigenvalue weighted by Gasteiger charge is -2.25. The molecule has 4 aromatic rings. The van der Waals surface area contributed by atoms with Crippen molar-refractivity contribution in [1.82, 2.24) is 4.90 Å². The standard InChI is InChI=1S/C35H29F3N2O9/c1-39(2)29(41)27-19-24(49-33(47)48-20-34(31(43)44,32(45)46)22-9-5-4-6-10-22)17-18-28(27)40(3)30(42)26-12-8-7-11-25(26)21-13-15-23(16-14-21)35(36,37)38/h4-19H,20H2,1-3H3,(H,43,44)(H,45,46). The number of nitrogens with zero attached hydrogens (tertiary/aromatic N) is 2. The number of aliphatic carboxylic acids is 2. The van der Waals surface area contributed by atoms with Gasteiger partial charge in [-0.3, -0.25) is 19.2 Å². The lowest BCUT2D eigenvalue weighted by Crippen LogP contribution is -2.48. The summed E-state index contributed by atoms with van der Waals surface area (Å²) in [4.78, 5) is 66.2. The van der Waals surface area contributed by atoms with Crippen LogP contribution in [0.4, 0.5) is 23.7 Å². The zero-order valence-corrected chi connectivity index (χ0v) is 26.2. The Balaban J connectivity index is 1.62. The summed E-state index contributed by atoms with van der Waals surface area (Å²) >= 11 is 0. The van der Waals surface area contributed by atoms with Gasteiger partial charge in [0.1, 0.15) is 12.4 Å². The highest BCUT2D eigenvalue weighted by Gasteiger charge is 2.50. The molecule has 0 aliphatic heterocycles. The topological polar surface area (TPSA) is 151 Å². The predicted molar refractivity (Wildman–Crippen MR) is 169 cm³/mol. The molecule has 2 amide bonds. The van der Waals surface area contributed by atoms with Gasteiger partial charge in [0.15, 0.2) is 0 Å². The SMILES string of the molecule is CN(C)C(=O)c1cc(OC(=O)OCC(C(=O)O)(C(=O)O)c2ccccc2)ccc1N(C)C(=O)c1ccccc1-c1ccc(C(F)(F)F)cc1. The average Bonchev–Trinajstić information content (AvgIpc) is 3.07. The van der Waals surface area contributed by atoms with Crippen LogP contribution in [0.25, 0.3) is 11.1 Å². The zero-order valence-electron chi connectivity index (χ0n) is 26.2. The number of hydrogen-bond acceptors (Lipinski definition) is 7. The molecule has 11 nitrogen and oxygen atoms in total. The molecule has 0 unspecified atom stereocenters. The van der Waals surface area contributed by atoms with Gasteiger partial charge in [0.2, 0.25) is 5.41 Å². The van der Waals surface area contributed by atoms with Crippen LogP contribution in [-0.4, -0.2) is 72.8 Å². The van der Waals surface area contributed by atoms with Crippen molar-refractivity contribution in [3.8, 4) is 16.9 Å². The van der Waals surface area contributed by atoms with Crippen molar-refractivity contribution in [3.63, 3.8) is 0 Å². The summed E-state index contributed by atoms with van der Waals surface area (Å²) in [7, 11) is 4.26. The molecule has 2 N–H and O–H groups in total. The van der Waals surface area contributed by atoms with E-state index < -0.39 is 53.7 Å². The number of alkyl halides is 3. The summed E-state index contributed by atoms with van der Waals surface area (Å²) in [5.74, 6) is -5.04. The van der Waals surface area contributed by atoms with Gasteiger partial charge in [0.25, 0.3) is 11.8 Å². The lowest BCUT2D eigenvalue weighted by molar-refractivity contribution is -0.160. The van der Waals surface area contributed by atoms with Crippen LogP contribution in [0.15, 0.2) is 97.1 Å². The van der Waals surface area contributed by atoms with Crippen LogP contribution in [0.3, 0.4) is 0 Å². The molecule has 14 heteroatoms. The molecule has 0 aliphatic rings. The highest BCUT2D eigenvalue weighted by molar-refractivity contribution is 6.13. The van der Waals surface area contributed by atoms with Gasteiger partial charge in [-0.05, 0) is 53.1 Å². The second-order valence-electron chi connectivity index (χ2n) is 10.9. The quantitative estimate of drug-likeness (QED) is 0.117. The molecule has 0 radical (unpaired) electrons. The number of ether oxygens (including phenoxy) is 2. The van der Waals surface area contributed by atoms with E-state index in [0.29, 0.717) is 11.1 Å². The Kier molecular flexibility index (Phi) is 10.4. The molecule has 49 heavy (non-hydrogen) atoms. The van der Waals surface area contributed by atoms with Gasteiger partial charge in [0, 0.05) is 26.7 Å². The number of carbonyl (C=O) groups excluding carboxylic acids is 3. The first-order valence-corrected chi connectivity index (χ1v) is 14.3. The fraction of sp³-hybridized carbons (Fsp3) is 0.171. The molecule has 4 rings (SSSR count). The number of rotatable bonds is 10. The molecule has 0 spiro atoms. The van der Waals surface area contributed by atoms with Gasteiger partial charge < -0.3 is 29.5 Å². The fourth-order valence-corrected chi connectivity index (χ4v) is 4.89. The molecule has 254 valence electrons. The van der Waals surface area contributed by atoms with Crippen LogP contribution in [0.2, 0.25) is 0 Å². The van der Waals surface area contributed by atoms with E-state index in [0.717, 1.165) is 23.1 Å². The monoisotopic (exact) mass is 678 g/mol. The summed E-state index contributed by atoms with van der Waals surface area (Å²) in [5, 5.41) is 19.6. The normalized spacial score (nSPS) is 11.3. The number of carboxylic acids is 2. The third kappa shape index (κ3) is 7.53. The Morgan fingerprint density at radius 3 is 1.86 bits per heavy atom. The molecule has 4 aromatic carbocycles. The molecule has 0 saturated heterocycles. The first-order chi connectivity index (χ1) is 23.1. The minimum atomic E-state index is -4.54. The highest BCUT2D eigenvalue weighted by Crippen LogP contribution is 2.34. The number of carbonyl (C=O) groups is 5. The van der Waals surface area contributed by atoms with Crippen LogP contribution in [0.5, 0.6) is 5.75 Å². The summed E-state index contributed by atoms with van der Waals surface area (Å²) in [6.07, 6.45) is -6.01. The van der Waals surface area contributed by atoms with Gasteiger partial charge in [-0.2, -0.15) is 13.2 Å². The van der Waals surface area contributed by atoms with Gasteiger partial charge in [-0.1, -0.05) is 60.7 Å². The molecular weight excluding hydrogens is 649 g/mol. The summed E-state index contributed by atoms with van der Waals surface area (Å²) in [6, 6.07) is 21.1. The third-order valence-corrected chi connectivity index (χ3v) is 7.56. The molecule has 0 fully saturated rings. The van der Waals surface area contributed by atoms with E-state index in [4.69, 9.17) is 9.47 Å². The molecule has 0 saturated carbocycles. The minimum absolute atomic E-state index is 0.0755. The lowest BCUT2D eigenvalue weighted by atomic mass is 9.81. The van der Waals surface area contributed by atoms with Crippen molar-refractivity contribution in [3.05, 3.63) is 119 Å². The van der Waals surface area contributed by atoms with Crippen LogP contribution >= 0.6 is 0 Å². The minimum Gasteiger partial charge on any atom is -0.480 e. The summed E-state index contributed by atoms with van der Waals surface area (Å²) < 4.78 is 49.5. The van der Waals surface area contributed by atoms with Crippen LogP contribution in [0.1, 0.15) is 31.8 Å². The molecule has 0 bridgehead atoms. The molecular formula is C35H29F3N2O9. The van der Waals surface area contributed by atoms with E-state index in [1.54, 1.807) is 24.3 Å². The molecule has 0 aromatic heterocycles. The maximum absolute atomic E-state index is 13.8. The zero-order chi connectivity index (χ0) is 36.1. The fourth-order valence-electron chi connectivity index (χ4n) is 4.89. The van der Waals surface area contributed by atoms with E-state index in [1.807, 2.05) is 0 Å². The Bertz CT molecular complexity index is 1880. The van der Waals surface area contributed by atoms with E-state index in [9.17, 15) is 47.4 Å². The van der Waals surface area contributed by atoms with Crippen LogP contribution < -0.4 is 9.64 Å². The third-order valence-electron chi connectivity index (χ3n) is 7.56. The van der Waals surface area contributed by atoms with Gasteiger partial charge in [-0.15, -0.1) is 0 Å².